The monoisotopic (exact) mass is 417 g/mol. The second-order valence-corrected chi connectivity index (χ2v) is 9.02. The SMILES string of the molecule is CCCCNC(=O)COC(=O)/C=C/c1c(C)nn(C2CCS(=O)(=O)C2)c1Cl. The number of unbranched alkanes of at least 4 members (excludes halogenated alkanes) is 1. The first-order valence-electron chi connectivity index (χ1n) is 8.80. The lowest BCUT2D eigenvalue weighted by Crippen LogP contribution is -2.29. The fourth-order valence-electron chi connectivity index (χ4n) is 2.72. The third-order valence-corrected chi connectivity index (χ3v) is 6.34. The van der Waals surface area contributed by atoms with Crippen LogP contribution in [-0.2, 0) is 24.2 Å². The molecular formula is C17H24ClN3O5S. The van der Waals surface area contributed by atoms with Gasteiger partial charge in [-0.2, -0.15) is 5.10 Å². The standard InChI is InChI=1S/C17H24ClN3O5S/c1-3-4-8-19-15(22)10-26-16(23)6-5-14-12(2)20-21(17(14)18)13-7-9-27(24,25)11-13/h5-6,13H,3-4,7-11H2,1-2H3,(H,19,22)/b6-5+. The number of carbonyl (C=O) groups excluding carboxylic acids is 2. The maximum absolute atomic E-state index is 11.8. The van der Waals surface area contributed by atoms with E-state index >= 15 is 0 Å². The van der Waals surface area contributed by atoms with E-state index in [1.54, 1.807) is 6.92 Å². The smallest absolute Gasteiger partial charge is 0.331 e. The van der Waals surface area contributed by atoms with Gasteiger partial charge in [-0.25, -0.2) is 17.9 Å². The highest BCUT2D eigenvalue weighted by Crippen LogP contribution is 2.30. The molecule has 0 saturated carbocycles. The highest BCUT2D eigenvalue weighted by Gasteiger charge is 2.31. The van der Waals surface area contributed by atoms with Gasteiger partial charge >= 0.3 is 5.97 Å². The number of esters is 1. The first-order chi connectivity index (χ1) is 12.7. The zero-order chi connectivity index (χ0) is 20.0. The fourth-order valence-corrected chi connectivity index (χ4v) is 4.79. The van der Waals surface area contributed by atoms with Crippen molar-refractivity contribution in [2.75, 3.05) is 24.7 Å². The maximum atomic E-state index is 11.8. The van der Waals surface area contributed by atoms with Crippen molar-refractivity contribution in [1.29, 1.82) is 0 Å². The third kappa shape index (κ3) is 6.07. The zero-order valence-corrected chi connectivity index (χ0v) is 17.0. The van der Waals surface area contributed by atoms with Crippen LogP contribution in [0.25, 0.3) is 6.08 Å². The van der Waals surface area contributed by atoms with Gasteiger partial charge in [0.05, 0.1) is 23.2 Å². The van der Waals surface area contributed by atoms with Gasteiger partial charge in [0, 0.05) is 18.2 Å². The van der Waals surface area contributed by atoms with Crippen molar-refractivity contribution in [3.8, 4) is 0 Å². The molecular weight excluding hydrogens is 394 g/mol. The summed E-state index contributed by atoms with van der Waals surface area (Å²) in [5.74, 6) is -0.904. The van der Waals surface area contributed by atoms with E-state index < -0.39 is 15.8 Å². The van der Waals surface area contributed by atoms with E-state index in [0.717, 1.165) is 12.8 Å². The molecule has 1 amide bonds. The van der Waals surface area contributed by atoms with Crippen LogP contribution in [0.4, 0.5) is 0 Å². The Bertz CT molecular complexity index is 832. The molecule has 0 aromatic carbocycles. The van der Waals surface area contributed by atoms with Gasteiger partial charge in [0.25, 0.3) is 5.91 Å². The van der Waals surface area contributed by atoms with Gasteiger partial charge in [-0.3, -0.25) is 4.79 Å². The van der Waals surface area contributed by atoms with Gasteiger partial charge < -0.3 is 10.1 Å². The average Bonchev–Trinajstić information content (AvgIpc) is 3.10. The first kappa shape index (κ1) is 21.4. The predicted octanol–water partition coefficient (Wildman–Crippen LogP) is 1.68. The molecule has 1 saturated heterocycles. The quantitative estimate of drug-likeness (QED) is 0.391. The van der Waals surface area contributed by atoms with Crippen LogP contribution in [0.15, 0.2) is 6.08 Å². The second kappa shape index (κ2) is 9.36. The molecule has 150 valence electrons. The lowest BCUT2D eigenvalue weighted by molar-refractivity contribution is -0.143. The Labute approximate surface area is 163 Å². The highest BCUT2D eigenvalue weighted by atomic mass is 35.5. The molecule has 2 rings (SSSR count). The summed E-state index contributed by atoms with van der Waals surface area (Å²) in [7, 11) is -3.06. The molecule has 10 heteroatoms. The lowest BCUT2D eigenvalue weighted by Gasteiger charge is -2.09. The summed E-state index contributed by atoms with van der Waals surface area (Å²) in [5, 5.41) is 7.23. The number of nitrogens with one attached hydrogen (secondary N) is 1. The number of hydrogen-bond acceptors (Lipinski definition) is 6. The van der Waals surface area contributed by atoms with Crippen molar-refractivity contribution in [3.63, 3.8) is 0 Å². The molecule has 0 aliphatic carbocycles. The number of ether oxygens (including phenoxy) is 1. The highest BCUT2D eigenvalue weighted by molar-refractivity contribution is 7.91. The summed E-state index contributed by atoms with van der Waals surface area (Å²) < 4.78 is 29.7. The van der Waals surface area contributed by atoms with E-state index in [0.29, 0.717) is 24.2 Å². The third-order valence-electron chi connectivity index (χ3n) is 4.21. The van der Waals surface area contributed by atoms with Crippen molar-refractivity contribution < 1.29 is 22.7 Å². The van der Waals surface area contributed by atoms with Crippen molar-refractivity contribution in [2.24, 2.45) is 0 Å². The minimum Gasteiger partial charge on any atom is -0.452 e. The number of halogens is 1. The normalized spacial score (nSPS) is 18.7. The number of hydrogen-bond donors (Lipinski definition) is 1. The molecule has 0 spiro atoms. The topological polar surface area (TPSA) is 107 Å². The largest absolute Gasteiger partial charge is 0.452 e. The first-order valence-corrected chi connectivity index (χ1v) is 11.0. The Morgan fingerprint density at radius 1 is 1.44 bits per heavy atom. The molecule has 0 radical (unpaired) electrons. The Balaban J connectivity index is 1.95. The summed E-state index contributed by atoms with van der Waals surface area (Å²) in [6.45, 7) is 3.93. The number of aryl methyl sites for hydroxylation is 1. The van der Waals surface area contributed by atoms with E-state index in [1.165, 1.54) is 16.8 Å². The van der Waals surface area contributed by atoms with Gasteiger partial charge in [0.1, 0.15) is 5.15 Å². The molecule has 8 nitrogen and oxygen atoms in total. The summed E-state index contributed by atoms with van der Waals surface area (Å²) in [6, 6.07) is -0.304. The van der Waals surface area contributed by atoms with Crippen molar-refractivity contribution >= 4 is 39.4 Å². The van der Waals surface area contributed by atoms with E-state index in [4.69, 9.17) is 16.3 Å². The van der Waals surface area contributed by atoms with Crippen LogP contribution in [-0.4, -0.2) is 54.7 Å². The molecule has 1 N–H and O–H groups in total. The molecule has 1 atom stereocenters. The van der Waals surface area contributed by atoms with E-state index in [2.05, 4.69) is 10.4 Å². The number of carbonyl (C=O) groups is 2. The van der Waals surface area contributed by atoms with Crippen molar-refractivity contribution in [1.82, 2.24) is 15.1 Å². The molecule has 2 heterocycles. The van der Waals surface area contributed by atoms with Gasteiger partial charge in [0.2, 0.25) is 0 Å². The minimum atomic E-state index is -3.06. The Morgan fingerprint density at radius 2 is 2.19 bits per heavy atom. The van der Waals surface area contributed by atoms with E-state index in [1.807, 2.05) is 6.92 Å². The number of rotatable bonds is 8. The van der Waals surface area contributed by atoms with Crippen molar-refractivity contribution in [2.45, 2.75) is 39.2 Å². The second-order valence-electron chi connectivity index (χ2n) is 6.44. The molecule has 1 fully saturated rings. The van der Waals surface area contributed by atoms with E-state index in [9.17, 15) is 18.0 Å². The molecule has 27 heavy (non-hydrogen) atoms. The maximum Gasteiger partial charge on any atom is 0.331 e. The molecule has 1 aliphatic heterocycles. The van der Waals surface area contributed by atoms with Gasteiger partial charge in [0.15, 0.2) is 16.4 Å². The Morgan fingerprint density at radius 3 is 2.81 bits per heavy atom. The van der Waals surface area contributed by atoms with Crippen LogP contribution in [0, 0.1) is 6.92 Å². The number of sulfone groups is 1. The lowest BCUT2D eigenvalue weighted by atomic mass is 10.2. The predicted molar refractivity (Wildman–Crippen MR) is 102 cm³/mol. The summed E-state index contributed by atoms with van der Waals surface area (Å²) in [4.78, 5) is 23.3. The van der Waals surface area contributed by atoms with Crippen LogP contribution < -0.4 is 5.32 Å². The summed E-state index contributed by atoms with van der Waals surface area (Å²) in [5.41, 5.74) is 1.09. The van der Waals surface area contributed by atoms with Gasteiger partial charge in [-0.05, 0) is 25.8 Å². The molecule has 1 aromatic rings. The molecule has 1 unspecified atom stereocenters. The Hall–Kier alpha value is -1.87. The van der Waals surface area contributed by atoms with Crippen LogP contribution in [0.3, 0.4) is 0 Å². The summed E-state index contributed by atoms with van der Waals surface area (Å²) in [6.07, 6.45) is 4.92. The minimum absolute atomic E-state index is 0.00613. The zero-order valence-electron chi connectivity index (χ0n) is 15.4. The van der Waals surface area contributed by atoms with Crippen LogP contribution in [0.5, 0.6) is 0 Å². The van der Waals surface area contributed by atoms with Gasteiger partial charge in [-0.15, -0.1) is 0 Å². The number of amides is 1. The van der Waals surface area contributed by atoms with E-state index in [-0.39, 0.29) is 35.2 Å². The summed E-state index contributed by atoms with van der Waals surface area (Å²) >= 11 is 6.32. The fraction of sp³-hybridized carbons (Fsp3) is 0.588. The van der Waals surface area contributed by atoms with Gasteiger partial charge in [-0.1, -0.05) is 24.9 Å². The molecule has 1 aliphatic rings. The number of aromatic nitrogens is 2. The number of nitrogens with zero attached hydrogens (tertiary/aromatic N) is 2. The Kier molecular flexibility index (Phi) is 7.43. The molecule has 1 aromatic heterocycles. The average molecular weight is 418 g/mol. The molecule has 0 bridgehead atoms. The van der Waals surface area contributed by atoms with Crippen LogP contribution >= 0.6 is 11.6 Å². The van der Waals surface area contributed by atoms with Crippen LogP contribution in [0.1, 0.15) is 43.5 Å². The van der Waals surface area contributed by atoms with Crippen molar-refractivity contribution in [3.05, 3.63) is 22.5 Å². The van der Waals surface area contributed by atoms with Crippen LogP contribution in [0.2, 0.25) is 5.15 Å².